The molecule has 0 aliphatic rings. The van der Waals surface area contributed by atoms with Crippen molar-refractivity contribution in [2.75, 3.05) is 6.98 Å². The van der Waals surface area contributed by atoms with E-state index in [0.717, 1.165) is 0 Å². The molecule has 0 saturated heterocycles. The highest BCUT2D eigenvalue weighted by Gasteiger charge is 2.19. The van der Waals surface area contributed by atoms with Crippen molar-refractivity contribution in [3.05, 3.63) is 35.4 Å². The number of carbonyl (C=O) groups excluding carboxylic acids is 2. The zero-order valence-electron chi connectivity index (χ0n) is 13.8. The molecule has 0 N–H and O–H groups in total. The van der Waals surface area contributed by atoms with Crippen molar-refractivity contribution in [2.24, 2.45) is 0 Å². The van der Waals surface area contributed by atoms with E-state index < -0.39 is 18.7 Å². The summed E-state index contributed by atoms with van der Waals surface area (Å²) in [6.07, 6.45) is -0.207. The van der Waals surface area contributed by atoms with Gasteiger partial charge in [-0.05, 0) is 26.3 Å². The summed E-state index contributed by atoms with van der Waals surface area (Å²) in [6.45, 7) is 2.28. The standard InChI is InChI=1S/C14H19NO3/c1-14(2,3)18-13(17)15(4)9-11-5-7-12(10-16)8-6-11/h5-8,10H,9H2,1-4H3/i4D3. The Balaban J connectivity index is 2.93. The van der Waals surface area contributed by atoms with Crippen LogP contribution in [-0.2, 0) is 11.3 Å². The fraction of sp³-hybridized carbons (Fsp3) is 0.429. The smallest absolute Gasteiger partial charge is 0.410 e. The summed E-state index contributed by atoms with van der Waals surface area (Å²) >= 11 is 0. The second-order valence-corrected chi connectivity index (χ2v) is 4.93. The molecule has 0 aliphatic carbocycles. The number of hydrogen-bond donors (Lipinski definition) is 0. The monoisotopic (exact) mass is 252 g/mol. The van der Waals surface area contributed by atoms with Crippen molar-refractivity contribution in [1.29, 1.82) is 0 Å². The maximum atomic E-state index is 12.0. The number of amides is 1. The van der Waals surface area contributed by atoms with Gasteiger partial charge >= 0.3 is 6.09 Å². The van der Waals surface area contributed by atoms with E-state index in [0.29, 0.717) is 22.3 Å². The van der Waals surface area contributed by atoms with Gasteiger partial charge in [0.25, 0.3) is 0 Å². The van der Waals surface area contributed by atoms with E-state index in [-0.39, 0.29) is 6.54 Å². The van der Waals surface area contributed by atoms with E-state index in [4.69, 9.17) is 8.85 Å². The first-order valence-corrected chi connectivity index (χ1v) is 5.58. The van der Waals surface area contributed by atoms with Crippen LogP contribution in [0, 0.1) is 0 Å². The van der Waals surface area contributed by atoms with E-state index in [2.05, 4.69) is 0 Å². The van der Waals surface area contributed by atoms with Crippen LogP contribution in [0.25, 0.3) is 0 Å². The number of rotatable bonds is 3. The van der Waals surface area contributed by atoms with Gasteiger partial charge in [-0.2, -0.15) is 0 Å². The van der Waals surface area contributed by atoms with Gasteiger partial charge in [-0.25, -0.2) is 4.79 Å². The van der Waals surface area contributed by atoms with Crippen LogP contribution in [0.15, 0.2) is 24.3 Å². The molecule has 0 spiro atoms. The normalized spacial score (nSPS) is 14.1. The number of aldehydes is 1. The Labute approximate surface area is 112 Å². The number of ether oxygens (including phenoxy) is 1. The summed E-state index contributed by atoms with van der Waals surface area (Å²) in [5, 5.41) is 0. The van der Waals surface area contributed by atoms with Crippen LogP contribution in [0.5, 0.6) is 0 Å². The Morgan fingerprint density at radius 2 is 2.00 bits per heavy atom. The first kappa shape index (κ1) is 10.1. The van der Waals surface area contributed by atoms with Crippen molar-refractivity contribution in [3.63, 3.8) is 0 Å². The molecule has 1 amide bonds. The highest BCUT2D eigenvalue weighted by Crippen LogP contribution is 2.11. The maximum Gasteiger partial charge on any atom is 0.410 e. The van der Waals surface area contributed by atoms with Gasteiger partial charge in [0.1, 0.15) is 11.9 Å². The van der Waals surface area contributed by atoms with Crippen LogP contribution < -0.4 is 0 Å². The van der Waals surface area contributed by atoms with Gasteiger partial charge in [-0.1, -0.05) is 24.3 Å². The lowest BCUT2D eigenvalue weighted by Gasteiger charge is -2.24. The summed E-state index contributed by atoms with van der Waals surface area (Å²) in [5.74, 6) is 0. The number of nitrogens with zero attached hydrogens (tertiary/aromatic N) is 1. The average Bonchev–Trinajstić information content (AvgIpc) is 2.33. The quantitative estimate of drug-likeness (QED) is 0.777. The third kappa shape index (κ3) is 4.57. The van der Waals surface area contributed by atoms with Gasteiger partial charge in [0.2, 0.25) is 0 Å². The van der Waals surface area contributed by atoms with Crippen molar-refractivity contribution in [3.8, 4) is 0 Å². The van der Waals surface area contributed by atoms with Gasteiger partial charge in [-0.3, -0.25) is 4.79 Å². The van der Waals surface area contributed by atoms with Crippen molar-refractivity contribution < 1.29 is 18.4 Å². The number of carbonyl (C=O) groups is 2. The molecule has 0 saturated carbocycles. The molecule has 1 rings (SSSR count). The number of hydrogen-bond acceptors (Lipinski definition) is 3. The largest absolute Gasteiger partial charge is 0.444 e. The molecule has 18 heavy (non-hydrogen) atoms. The Bertz CT molecular complexity index is 504. The lowest BCUT2D eigenvalue weighted by Crippen LogP contribution is -2.33. The summed E-state index contributed by atoms with van der Waals surface area (Å²) in [7, 11) is 0. The molecule has 4 nitrogen and oxygen atoms in total. The SMILES string of the molecule is [2H]C([2H])([2H])N(Cc1ccc(C=O)cc1)C(=O)OC(C)(C)C. The van der Waals surface area contributed by atoms with Crippen LogP contribution in [-0.4, -0.2) is 29.9 Å². The summed E-state index contributed by atoms with van der Waals surface area (Å²) in [6, 6.07) is 6.34. The first-order chi connectivity index (χ1) is 9.53. The van der Waals surface area contributed by atoms with Gasteiger partial charge in [0.15, 0.2) is 0 Å². The fourth-order valence-corrected chi connectivity index (χ4v) is 1.27. The van der Waals surface area contributed by atoms with Gasteiger partial charge in [0.05, 0.1) is 0 Å². The summed E-state index contributed by atoms with van der Waals surface area (Å²) in [4.78, 5) is 23.3. The number of benzene rings is 1. The van der Waals surface area contributed by atoms with Crippen molar-refractivity contribution in [2.45, 2.75) is 32.9 Å². The van der Waals surface area contributed by atoms with E-state index in [1.165, 1.54) is 0 Å². The van der Waals surface area contributed by atoms with Gasteiger partial charge in [0, 0.05) is 23.2 Å². The molecule has 0 atom stereocenters. The summed E-state index contributed by atoms with van der Waals surface area (Å²) in [5.41, 5.74) is 0.307. The molecule has 98 valence electrons. The predicted molar refractivity (Wildman–Crippen MR) is 69.5 cm³/mol. The zero-order valence-corrected chi connectivity index (χ0v) is 10.8. The second-order valence-electron chi connectivity index (χ2n) is 4.93. The lowest BCUT2D eigenvalue weighted by molar-refractivity contribution is 0.0285. The molecule has 1 aromatic rings. The van der Waals surface area contributed by atoms with Gasteiger partial charge in [-0.15, -0.1) is 0 Å². The molecule has 0 heterocycles. The van der Waals surface area contributed by atoms with E-state index in [1.807, 2.05) is 0 Å². The highest BCUT2D eigenvalue weighted by molar-refractivity contribution is 5.74. The van der Waals surface area contributed by atoms with Crippen LogP contribution in [0.3, 0.4) is 0 Å². The molecule has 1 aromatic carbocycles. The molecule has 0 bridgehead atoms. The predicted octanol–water partition coefficient (Wildman–Crippen LogP) is 2.87. The highest BCUT2D eigenvalue weighted by atomic mass is 16.6. The van der Waals surface area contributed by atoms with Crippen LogP contribution >= 0.6 is 0 Å². The molecule has 0 radical (unpaired) electrons. The first-order valence-electron chi connectivity index (χ1n) is 7.08. The van der Waals surface area contributed by atoms with Crippen LogP contribution in [0.4, 0.5) is 4.79 Å². The molecular formula is C14H19NO3. The lowest BCUT2D eigenvalue weighted by atomic mass is 10.1. The minimum absolute atomic E-state index is 0.120. The minimum atomic E-state index is -2.61. The Morgan fingerprint density at radius 3 is 2.44 bits per heavy atom. The third-order valence-corrected chi connectivity index (χ3v) is 2.07. The summed E-state index contributed by atoms with van der Waals surface area (Å²) < 4.78 is 27.5. The van der Waals surface area contributed by atoms with E-state index in [9.17, 15) is 9.59 Å². The van der Waals surface area contributed by atoms with Crippen molar-refractivity contribution >= 4 is 12.4 Å². The van der Waals surface area contributed by atoms with E-state index >= 15 is 0 Å². The van der Waals surface area contributed by atoms with Crippen LogP contribution in [0.1, 0.15) is 40.8 Å². The minimum Gasteiger partial charge on any atom is -0.444 e. The molecule has 0 aromatic heterocycles. The molecule has 4 heteroatoms. The van der Waals surface area contributed by atoms with Crippen molar-refractivity contribution in [1.82, 2.24) is 4.90 Å². The topological polar surface area (TPSA) is 46.6 Å². The molecular weight excluding hydrogens is 230 g/mol. The molecule has 0 unspecified atom stereocenters. The average molecular weight is 252 g/mol. The third-order valence-electron chi connectivity index (χ3n) is 2.07. The molecule has 0 aliphatic heterocycles. The Morgan fingerprint density at radius 1 is 1.39 bits per heavy atom. The van der Waals surface area contributed by atoms with Gasteiger partial charge < -0.3 is 9.64 Å². The zero-order chi connectivity index (χ0) is 16.3. The Hall–Kier alpha value is -1.84. The van der Waals surface area contributed by atoms with E-state index in [1.54, 1.807) is 45.0 Å². The Kier molecular flexibility index (Phi) is 3.19. The fourth-order valence-electron chi connectivity index (χ4n) is 1.27. The molecule has 0 fully saturated rings. The second kappa shape index (κ2) is 5.67. The maximum absolute atomic E-state index is 12.0. The van der Waals surface area contributed by atoms with Crippen LogP contribution in [0.2, 0.25) is 0 Å².